The highest BCUT2D eigenvalue weighted by Crippen LogP contribution is 2.24. The SMILES string of the molecule is COc1ccc(C)cc1/C=C1/N=C(CCc2ccc(C)cc2)NC1=O. The zero-order valence-corrected chi connectivity index (χ0v) is 14.8. The first kappa shape index (κ1) is 17.0. The van der Waals surface area contributed by atoms with E-state index in [2.05, 4.69) is 41.5 Å². The van der Waals surface area contributed by atoms with E-state index in [9.17, 15) is 4.79 Å². The van der Waals surface area contributed by atoms with Crippen molar-refractivity contribution >= 4 is 17.8 Å². The lowest BCUT2D eigenvalue weighted by Gasteiger charge is -2.05. The van der Waals surface area contributed by atoms with Crippen molar-refractivity contribution in [2.45, 2.75) is 26.7 Å². The average molecular weight is 334 g/mol. The number of nitrogens with zero attached hydrogens (tertiary/aromatic N) is 1. The van der Waals surface area contributed by atoms with Crippen LogP contribution in [0, 0.1) is 13.8 Å². The summed E-state index contributed by atoms with van der Waals surface area (Å²) in [5, 5.41) is 2.86. The number of carbonyl (C=O) groups excluding carboxylic acids is 1. The van der Waals surface area contributed by atoms with Gasteiger partial charge in [-0.25, -0.2) is 4.99 Å². The molecule has 128 valence electrons. The van der Waals surface area contributed by atoms with Gasteiger partial charge in [-0.15, -0.1) is 0 Å². The summed E-state index contributed by atoms with van der Waals surface area (Å²) in [4.78, 5) is 16.7. The van der Waals surface area contributed by atoms with Crippen LogP contribution in [0.5, 0.6) is 5.75 Å². The Hall–Kier alpha value is -2.88. The van der Waals surface area contributed by atoms with Gasteiger partial charge in [0, 0.05) is 12.0 Å². The first-order valence-electron chi connectivity index (χ1n) is 8.36. The highest BCUT2D eigenvalue weighted by Gasteiger charge is 2.20. The van der Waals surface area contributed by atoms with Crippen molar-refractivity contribution < 1.29 is 9.53 Å². The van der Waals surface area contributed by atoms with Gasteiger partial charge in [-0.05, 0) is 44.0 Å². The summed E-state index contributed by atoms with van der Waals surface area (Å²) in [7, 11) is 1.62. The summed E-state index contributed by atoms with van der Waals surface area (Å²) < 4.78 is 5.36. The van der Waals surface area contributed by atoms with E-state index in [0.717, 1.165) is 23.3 Å². The van der Waals surface area contributed by atoms with Gasteiger partial charge in [0.05, 0.1) is 7.11 Å². The van der Waals surface area contributed by atoms with Gasteiger partial charge in [-0.2, -0.15) is 0 Å². The second-order valence-electron chi connectivity index (χ2n) is 6.27. The second-order valence-corrected chi connectivity index (χ2v) is 6.27. The molecule has 0 atom stereocenters. The number of benzene rings is 2. The van der Waals surface area contributed by atoms with Gasteiger partial charge in [0.2, 0.25) is 0 Å². The first-order chi connectivity index (χ1) is 12.0. The molecule has 1 N–H and O–H groups in total. The van der Waals surface area contributed by atoms with Crippen LogP contribution < -0.4 is 10.1 Å². The van der Waals surface area contributed by atoms with E-state index in [1.54, 1.807) is 13.2 Å². The van der Waals surface area contributed by atoms with E-state index in [0.29, 0.717) is 18.0 Å². The molecule has 0 saturated heterocycles. The van der Waals surface area contributed by atoms with Crippen LogP contribution in [-0.2, 0) is 11.2 Å². The molecule has 1 aliphatic rings. The standard InChI is InChI=1S/C21H22N2O2/c1-14-4-7-16(8-5-14)9-11-20-22-18(21(24)23-20)13-17-12-15(2)6-10-19(17)25-3/h4-8,10,12-13H,9,11H2,1-3H3,(H,22,23,24)/b18-13+. The Morgan fingerprint density at radius 1 is 1.04 bits per heavy atom. The Bertz CT molecular complexity index is 849. The number of hydrogen-bond acceptors (Lipinski definition) is 3. The zero-order chi connectivity index (χ0) is 17.8. The minimum Gasteiger partial charge on any atom is -0.496 e. The van der Waals surface area contributed by atoms with Gasteiger partial charge in [0.1, 0.15) is 17.3 Å². The number of methoxy groups -OCH3 is 1. The van der Waals surface area contributed by atoms with E-state index >= 15 is 0 Å². The molecule has 2 aromatic carbocycles. The molecular weight excluding hydrogens is 312 g/mol. The minimum atomic E-state index is -0.164. The van der Waals surface area contributed by atoms with Crippen molar-refractivity contribution in [2.75, 3.05) is 7.11 Å². The van der Waals surface area contributed by atoms with Crippen LogP contribution in [0.4, 0.5) is 0 Å². The fourth-order valence-electron chi connectivity index (χ4n) is 2.77. The summed E-state index contributed by atoms with van der Waals surface area (Å²) >= 11 is 0. The third-order valence-corrected chi connectivity index (χ3v) is 4.19. The van der Waals surface area contributed by atoms with Crippen LogP contribution in [0.2, 0.25) is 0 Å². The van der Waals surface area contributed by atoms with Crippen LogP contribution in [0.15, 0.2) is 53.2 Å². The number of carbonyl (C=O) groups is 1. The number of amidine groups is 1. The Labute approximate surface area is 148 Å². The number of aliphatic imine (C=N–C) groups is 1. The Morgan fingerprint density at radius 3 is 2.48 bits per heavy atom. The average Bonchev–Trinajstić information content (AvgIpc) is 2.94. The number of rotatable bonds is 5. The molecule has 0 aliphatic carbocycles. The Morgan fingerprint density at radius 2 is 1.76 bits per heavy atom. The summed E-state index contributed by atoms with van der Waals surface area (Å²) in [6.07, 6.45) is 3.33. The molecule has 0 saturated carbocycles. The molecule has 1 aliphatic heterocycles. The molecule has 0 spiro atoms. The maximum atomic E-state index is 12.2. The van der Waals surface area contributed by atoms with Gasteiger partial charge >= 0.3 is 0 Å². The highest BCUT2D eigenvalue weighted by molar-refractivity contribution is 6.14. The molecule has 0 bridgehead atoms. The molecule has 1 amide bonds. The Balaban J connectivity index is 1.76. The van der Waals surface area contributed by atoms with E-state index in [1.807, 2.05) is 25.1 Å². The highest BCUT2D eigenvalue weighted by atomic mass is 16.5. The lowest BCUT2D eigenvalue weighted by atomic mass is 10.1. The fraction of sp³-hybridized carbons (Fsp3) is 0.238. The van der Waals surface area contributed by atoms with Gasteiger partial charge in [-0.1, -0.05) is 41.5 Å². The smallest absolute Gasteiger partial charge is 0.275 e. The van der Waals surface area contributed by atoms with E-state index in [4.69, 9.17) is 4.74 Å². The van der Waals surface area contributed by atoms with Crippen LogP contribution in [0.25, 0.3) is 6.08 Å². The van der Waals surface area contributed by atoms with Crippen LogP contribution in [0.1, 0.15) is 28.7 Å². The van der Waals surface area contributed by atoms with Crippen LogP contribution in [0.3, 0.4) is 0 Å². The third kappa shape index (κ3) is 4.15. The summed E-state index contributed by atoms with van der Waals surface area (Å²) in [6, 6.07) is 14.3. The van der Waals surface area contributed by atoms with Gasteiger partial charge in [0.15, 0.2) is 0 Å². The number of hydrogen-bond donors (Lipinski definition) is 1. The molecule has 0 fully saturated rings. The van der Waals surface area contributed by atoms with Crippen molar-refractivity contribution in [2.24, 2.45) is 4.99 Å². The number of amides is 1. The number of ether oxygens (including phenoxy) is 1. The van der Waals surface area contributed by atoms with E-state index in [-0.39, 0.29) is 5.91 Å². The second kappa shape index (κ2) is 7.34. The lowest BCUT2D eigenvalue weighted by Crippen LogP contribution is -2.24. The molecule has 4 heteroatoms. The van der Waals surface area contributed by atoms with Crippen molar-refractivity contribution in [3.8, 4) is 5.75 Å². The molecule has 1 heterocycles. The summed E-state index contributed by atoms with van der Waals surface area (Å²) in [5.74, 6) is 1.28. The normalized spacial score (nSPS) is 15.2. The van der Waals surface area contributed by atoms with Crippen molar-refractivity contribution in [3.63, 3.8) is 0 Å². The molecule has 3 rings (SSSR count). The van der Waals surface area contributed by atoms with E-state index < -0.39 is 0 Å². The summed E-state index contributed by atoms with van der Waals surface area (Å²) in [6.45, 7) is 4.08. The van der Waals surface area contributed by atoms with Crippen molar-refractivity contribution in [1.29, 1.82) is 0 Å². The van der Waals surface area contributed by atoms with Crippen LogP contribution >= 0.6 is 0 Å². The zero-order valence-electron chi connectivity index (χ0n) is 14.8. The number of aryl methyl sites for hydroxylation is 3. The molecule has 4 nitrogen and oxygen atoms in total. The van der Waals surface area contributed by atoms with Gasteiger partial charge in [0.25, 0.3) is 5.91 Å². The Kier molecular flexibility index (Phi) is 4.98. The molecule has 0 aromatic heterocycles. The van der Waals surface area contributed by atoms with Crippen LogP contribution in [-0.4, -0.2) is 18.9 Å². The lowest BCUT2D eigenvalue weighted by molar-refractivity contribution is -0.115. The fourth-order valence-corrected chi connectivity index (χ4v) is 2.77. The molecular formula is C21H22N2O2. The molecule has 25 heavy (non-hydrogen) atoms. The van der Waals surface area contributed by atoms with Crippen molar-refractivity contribution in [3.05, 3.63) is 70.4 Å². The third-order valence-electron chi connectivity index (χ3n) is 4.19. The molecule has 2 aromatic rings. The monoisotopic (exact) mass is 334 g/mol. The predicted octanol–water partition coefficient (Wildman–Crippen LogP) is 3.81. The molecule has 0 unspecified atom stereocenters. The van der Waals surface area contributed by atoms with E-state index in [1.165, 1.54) is 11.1 Å². The quantitative estimate of drug-likeness (QED) is 0.845. The first-order valence-corrected chi connectivity index (χ1v) is 8.36. The van der Waals surface area contributed by atoms with Gasteiger partial charge < -0.3 is 10.1 Å². The maximum Gasteiger partial charge on any atom is 0.275 e. The minimum absolute atomic E-state index is 0.164. The summed E-state index contributed by atoms with van der Waals surface area (Å²) in [5.41, 5.74) is 4.86. The predicted molar refractivity (Wildman–Crippen MR) is 101 cm³/mol. The number of nitrogens with one attached hydrogen (secondary N) is 1. The topological polar surface area (TPSA) is 50.7 Å². The molecule has 0 radical (unpaired) electrons. The van der Waals surface area contributed by atoms with Gasteiger partial charge in [-0.3, -0.25) is 4.79 Å². The largest absolute Gasteiger partial charge is 0.496 e. The van der Waals surface area contributed by atoms with Crippen molar-refractivity contribution in [1.82, 2.24) is 5.32 Å². The maximum absolute atomic E-state index is 12.2.